The Morgan fingerprint density at radius 1 is 1.13 bits per heavy atom. The molecule has 2 aromatic rings. The molecule has 2 aromatic carbocycles. The molecule has 2 rings (SSSR count). The SMILES string of the molecule is Nc1ccc(C#CCNC(=O)COCc2ccc(F)cc2)cc1. The number of rotatable bonds is 5. The monoisotopic (exact) mass is 312 g/mol. The van der Waals surface area contributed by atoms with Crippen molar-refractivity contribution in [1.82, 2.24) is 5.32 Å². The van der Waals surface area contributed by atoms with Crippen LogP contribution in [-0.2, 0) is 16.1 Å². The Bertz CT molecular complexity index is 701. The molecule has 0 heterocycles. The van der Waals surface area contributed by atoms with Crippen LogP contribution in [0.2, 0.25) is 0 Å². The molecule has 118 valence electrons. The van der Waals surface area contributed by atoms with Gasteiger partial charge in [-0.3, -0.25) is 4.79 Å². The zero-order valence-corrected chi connectivity index (χ0v) is 12.5. The average Bonchev–Trinajstić information content (AvgIpc) is 2.55. The molecule has 0 spiro atoms. The largest absolute Gasteiger partial charge is 0.399 e. The zero-order valence-electron chi connectivity index (χ0n) is 12.5. The molecule has 1 amide bonds. The lowest BCUT2D eigenvalue weighted by molar-refractivity contribution is -0.125. The maximum atomic E-state index is 12.7. The summed E-state index contributed by atoms with van der Waals surface area (Å²) in [5.41, 5.74) is 7.90. The summed E-state index contributed by atoms with van der Waals surface area (Å²) in [5.74, 6) is 5.21. The van der Waals surface area contributed by atoms with Gasteiger partial charge < -0.3 is 15.8 Å². The number of carbonyl (C=O) groups is 1. The van der Waals surface area contributed by atoms with Crippen molar-refractivity contribution < 1.29 is 13.9 Å². The summed E-state index contributed by atoms with van der Waals surface area (Å²) in [7, 11) is 0. The number of anilines is 1. The van der Waals surface area contributed by atoms with Crippen molar-refractivity contribution in [3.8, 4) is 11.8 Å². The maximum Gasteiger partial charge on any atom is 0.246 e. The predicted molar refractivity (Wildman–Crippen MR) is 86.8 cm³/mol. The van der Waals surface area contributed by atoms with Gasteiger partial charge in [-0.15, -0.1) is 0 Å². The molecule has 0 saturated carbocycles. The third-order valence-corrected chi connectivity index (χ3v) is 2.93. The minimum Gasteiger partial charge on any atom is -0.399 e. The summed E-state index contributed by atoms with van der Waals surface area (Å²) in [4.78, 5) is 11.6. The van der Waals surface area contributed by atoms with Gasteiger partial charge in [-0.05, 0) is 42.0 Å². The summed E-state index contributed by atoms with van der Waals surface area (Å²) < 4.78 is 18.0. The van der Waals surface area contributed by atoms with Crippen LogP contribution in [0, 0.1) is 17.7 Å². The van der Waals surface area contributed by atoms with Gasteiger partial charge >= 0.3 is 0 Å². The van der Waals surface area contributed by atoms with E-state index in [0.717, 1.165) is 11.1 Å². The van der Waals surface area contributed by atoms with Crippen molar-refractivity contribution in [3.63, 3.8) is 0 Å². The van der Waals surface area contributed by atoms with Crippen molar-refractivity contribution in [2.45, 2.75) is 6.61 Å². The average molecular weight is 312 g/mol. The number of benzene rings is 2. The first-order chi connectivity index (χ1) is 11.1. The number of ether oxygens (including phenoxy) is 1. The highest BCUT2D eigenvalue weighted by atomic mass is 19.1. The molecule has 3 N–H and O–H groups in total. The molecular formula is C18H17FN2O2. The van der Waals surface area contributed by atoms with Gasteiger partial charge in [0.05, 0.1) is 13.2 Å². The molecule has 0 aliphatic heterocycles. The lowest BCUT2D eigenvalue weighted by Gasteiger charge is -2.04. The van der Waals surface area contributed by atoms with E-state index in [-0.39, 0.29) is 31.5 Å². The van der Waals surface area contributed by atoms with E-state index < -0.39 is 0 Å². The summed E-state index contributed by atoms with van der Waals surface area (Å²) in [5, 5.41) is 2.64. The van der Waals surface area contributed by atoms with Crippen LogP contribution in [0.1, 0.15) is 11.1 Å². The van der Waals surface area contributed by atoms with Crippen molar-refractivity contribution in [3.05, 3.63) is 65.5 Å². The van der Waals surface area contributed by atoms with E-state index in [0.29, 0.717) is 5.69 Å². The van der Waals surface area contributed by atoms with E-state index >= 15 is 0 Å². The number of nitrogens with two attached hydrogens (primary N) is 1. The molecule has 0 saturated heterocycles. The minimum atomic E-state index is -0.300. The third-order valence-electron chi connectivity index (χ3n) is 2.93. The standard InChI is InChI=1S/C18H17FN2O2/c19-16-7-3-15(4-8-16)12-23-13-18(22)21-11-1-2-14-5-9-17(20)10-6-14/h3-10H,11-13,20H2,(H,21,22). The molecule has 5 heteroatoms. The Morgan fingerprint density at radius 2 is 1.83 bits per heavy atom. The molecule has 4 nitrogen and oxygen atoms in total. The first-order valence-electron chi connectivity index (χ1n) is 7.07. The van der Waals surface area contributed by atoms with E-state index in [9.17, 15) is 9.18 Å². The molecule has 0 aromatic heterocycles. The second-order valence-electron chi connectivity index (χ2n) is 4.82. The smallest absolute Gasteiger partial charge is 0.246 e. The van der Waals surface area contributed by atoms with Crippen LogP contribution >= 0.6 is 0 Å². The second kappa shape index (κ2) is 8.57. The Balaban J connectivity index is 1.65. The van der Waals surface area contributed by atoms with E-state index in [2.05, 4.69) is 17.2 Å². The summed E-state index contributed by atoms with van der Waals surface area (Å²) in [6, 6.07) is 13.1. The molecule has 0 bridgehead atoms. The van der Waals surface area contributed by atoms with Crippen LogP contribution in [0.15, 0.2) is 48.5 Å². The van der Waals surface area contributed by atoms with Gasteiger partial charge in [0.1, 0.15) is 12.4 Å². The molecule has 0 radical (unpaired) electrons. The minimum absolute atomic E-state index is 0.0685. The zero-order chi connectivity index (χ0) is 16.5. The van der Waals surface area contributed by atoms with Gasteiger partial charge in [-0.25, -0.2) is 4.39 Å². The van der Waals surface area contributed by atoms with Crippen molar-refractivity contribution in [1.29, 1.82) is 0 Å². The number of hydrogen-bond acceptors (Lipinski definition) is 3. The Morgan fingerprint density at radius 3 is 2.52 bits per heavy atom. The number of nitrogens with one attached hydrogen (secondary N) is 1. The third kappa shape index (κ3) is 6.20. The fourth-order valence-corrected chi connectivity index (χ4v) is 1.75. The van der Waals surface area contributed by atoms with Gasteiger partial charge in [0.2, 0.25) is 5.91 Å². The first kappa shape index (κ1) is 16.5. The number of nitrogen functional groups attached to an aromatic ring is 1. The summed E-state index contributed by atoms with van der Waals surface area (Å²) >= 11 is 0. The van der Waals surface area contributed by atoms with E-state index in [4.69, 9.17) is 10.5 Å². The normalized spacial score (nSPS) is 9.78. The maximum absolute atomic E-state index is 12.7. The quantitative estimate of drug-likeness (QED) is 0.656. The van der Waals surface area contributed by atoms with Crippen molar-refractivity contribution >= 4 is 11.6 Å². The number of carbonyl (C=O) groups excluding carboxylic acids is 1. The Labute approximate surface area is 134 Å². The highest BCUT2D eigenvalue weighted by Crippen LogP contribution is 2.04. The molecule has 0 atom stereocenters. The van der Waals surface area contributed by atoms with Gasteiger partial charge in [-0.2, -0.15) is 0 Å². The Hall–Kier alpha value is -2.84. The molecule has 23 heavy (non-hydrogen) atoms. The molecule has 0 aliphatic carbocycles. The first-order valence-corrected chi connectivity index (χ1v) is 7.07. The van der Waals surface area contributed by atoms with Crippen LogP contribution in [-0.4, -0.2) is 19.1 Å². The predicted octanol–water partition coefficient (Wildman–Crippen LogP) is 2.09. The van der Waals surface area contributed by atoms with Crippen LogP contribution in [0.25, 0.3) is 0 Å². The van der Waals surface area contributed by atoms with Crippen LogP contribution in [0.4, 0.5) is 10.1 Å². The van der Waals surface area contributed by atoms with Crippen LogP contribution in [0.5, 0.6) is 0 Å². The van der Waals surface area contributed by atoms with Gasteiger partial charge in [0.25, 0.3) is 0 Å². The summed E-state index contributed by atoms with van der Waals surface area (Å²) in [6.45, 7) is 0.425. The number of halogens is 1. The van der Waals surface area contributed by atoms with Crippen LogP contribution in [0.3, 0.4) is 0 Å². The lowest BCUT2D eigenvalue weighted by Crippen LogP contribution is -2.27. The topological polar surface area (TPSA) is 64.3 Å². The van der Waals surface area contributed by atoms with Crippen molar-refractivity contribution in [2.24, 2.45) is 0 Å². The van der Waals surface area contributed by atoms with Crippen molar-refractivity contribution in [2.75, 3.05) is 18.9 Å². The van der Waals surface area contributed by atoms with E-state index in [1.807, 2.05) is 12.1 Å². The lowest BCUT2D eigenvalue weighted by atomic mass is 10.2. The van der Waals surface area contributed by atoms with Gasteiger partial charge in [0, 0.05) is 11.3 Å². The van der Waals surface area contributed by atoms with E-state index in [1.54, 1.807) is 24.3 Å². The number of hydrogen-bond donors (Lipinski definition) is 2. The fourth-order valence-electron chi connectivity index (χ4n) is 1.75. The fraction of sp³-hybridized carbons (Fsp3) is 0.167. The van der Waals surface area contributed by atoms with E-state index in [1.165, 1.54) is 12.1 Å². The Kier molecular flexibility index (Phi) is 6.16. The molecular weight excluding hydrogens is 295 g/mol. The molecule has 0 aliphatic rings. The summed E-state index contributed by atoms with van der Waals surface area (Å²) in [6.07, 6.45) is 0. The second-order valence-corrected chi connectivity index (χ2v) is 4.82. The van der Waals surface area contributed by atoms with Gasteiger partial charge in [0.15, 0.2) is 0 Å². The molecule has 0 unspecified atom stereocenters. The number of amides is 1. The van der Waals surface area contributed by atoms with Crippen LogP contribution < -0.4 is 11.1 Å². The highest BCUT2D eigenvalue weighted by Gasteiger charge is 2.00. The highest BCUT2D eigenvalue weighted by molar-refractivity contribution is 5.77. The van der Waals surface area contributed by atoms with Gasteiger partial charge in [-0.1, -0.05) is 24.0 Å². The molecule has 0 fully saturated rings.